The van der Waals surface area contributed by atoms with Crippen LogP contribution in [0.25, 0.3) is 6.08 Å². The van der Waals surface area contributed by atoms with Crippen LogP contribution in [0.15, 0.2) is 51.5 Å². The third kappa shape index (κ3) is 4.17. The van der Waals surface area contributed by atoms with Crippen LogP contribution in [-0.2, 0) is 4.79 Å². The van der Waals surface area contributed by atoms with E-state index in [1.165, 1.54) is 30.3 Å². The number of rotatable bonds is 6. The van der Waals surface area contributed by atoms with Crippen LogP contribution in [0.2, 0.25) is 0 Å². The maximum atomic E-state index is 13.1. The number of phenols is 1. The number of phenolic OH excluding ortho intramolecular Hbond substituents is 1. The van der Waals surface area contributed by atoms with E-state index >= 15 is 0 Å². The van der Waals surface area contributed by atoms with Crippen molar-refractivity contribution in [2.45, 2.75) is 19.8 Å². The van der Waals surface area contributed by atoms with Gasteiger partial charge in [-0.2, -0.15) is 10.1 Å². The van der Waals surface area contributed by atoms with Gasteiger partial charge in [-0.1, -0.05) is 29.3 Å². The number of carboxylic acid groups (broad SMARTS) is 1. The highest BCUT2D eigenvalue weighted by molar-refractivity contribution is 9.10. The van der Waals surface area contributed by atoms with Crippen molar-refractivity contribution < 1.29 is 24.5 Å². The molecule has 3 rings (SSSR count). The molecule has 2 N–H and O–H groups in total. The quantitative estimate of drug-likeness (QED) is 0.622. The SMILES string of the molecule is CCCC1=NN(c2ccc(C(=O)O)cc2)C(=O)/C1=C/c1cc(OC)c(O)cc1Br. The van der Waals surface area contributed by atoms with Gasteiger partial charge in [-0.25, -0.2) is 4.79 Å². The van der Waals surface area contributed by atoms with Crippen LogP contribution in [0.4, 0.5) is 5.69 Å². The Morgan fingerprint density at radius 1 is 1.28 bits per heavy atom. The summed E-state index contributed by atoms with van der Waals surface area (Å²) in [7, 11) is 1.45. The fourth-order valence-corrected chi connectivity index (χ4v) is 3.38. The first-order valence-corrected chi connectivity index (χ1v) is 9.68. The van der Waals surface area contributed by atoms with Crippen LogP contribution in [0.1, 0.15) is 35.7 Å². The van der Waals surface area contributed by atoms with Crippen molar-refractivity contribution in [3.8, 4) is 11.5 Å². The number of carbonyl (C=O) groups excluding carboxylic acids is 1. The van der Waals surface area contributed by atoms with E-state index in [0.29, 0.717) is 39.2 Å². The number of hydrogen-bond donors (Lipinski definition) is 2. The summed E-state index contributed by atoms with van der Waals surface area (Å²) >= 11 is 3.40. The average Bonchev–Trinajstić information content (AvgIpc) is 3.00. The third-order valence-electron chi connectivity index (χ3n) is 4.40. The summed E-state index contributed by atoms with van der Waals surface area (Å²) in [5.74, 6) is -1.07. The van der Waals surface area contributed by atoms with Crippen LogP contribution in [0.5, 0.6) is 11.5 Å². The predicted molar refractivity (Wildman–Crippen MR) is 114 cm³/mol. The summed E-state index contributed by atoms with van der Waals surface area (Å²) in [4.78, 5) is 24.1. The Balaban J connectivity index is 2.02. The van der Waals surface area contributed by atoms with E-state index in [1.807, 2.05) is 6.92 Å². The molecule has 1 heterocycles. The maximum Gasteiger partial charge on any atom is 0.335 e. The van der Waals surface area contributed by atoms with E-state index in [4.69, 9.17) is 9.84 Å². The number of carboxylic acids is 1. The number of ether oxygens (including phenoxy) is 1. The van der Waals surface area contributed by atoms with E-state index in [-0.39, 0.29) is 17.2 Å². The third-order valence-corrected chi connectivity index (χ3v) is 5.08. The molecule has 0 bridgehead atoms. The van der Waals surface area contributed by atoms with Gasteiger partial charge in [-0.15, -0.1) is 0 Å². The standard InChI is InChI=1S/C21H19BrN2O5/c1-3-4-17-15(9-13-10-19(29-2)18(25)11-16(13)22)20(26)24(23-17)14-7-5-12(6-8-14)21(27)28/h5-11,25H,3-4H2,1-2H3,(H,27,28)/b15-9+. The molecule has 2 aromatic rings. The number of carbonyl (C=O) groups is 2. The smallest absolute Gasteiger partial charge is 0.335 e. The van der Waals surface area contributed by atoms with Gasteiger partial charge in [0.15, 0.2) is 11.5 Å². The van der Waals surface area contributed by atoms with Gasteiger partial charge in [0.05, 0.1) is 29.6 Å². The van der Waals surface area contributed by atoms with Gasteiger partial charge in [0.25, 0.3) is 5.91 Å². The van der Waals surface area contributed by atoms with E-state index < -0.39 is 5.97 Å². The lowest BCUT2D eigenvalue weighted by Gasteiger charge is -2.12. The minimum Gasteiger partial charge on any atom is -0.504 e. The van der Waals surface area contributed by atoms with Gasteiger partial charge in [0.1, 0.15) is 0 Å². The monoisotopic (exact) mass is 458 g/mol. The Morgan fingerprint density at radius 3 is 2.55 bits per heavy atom. The maximum absolute atomic E-state index is 13.1. The number of halogens is 1. The molecule has 0 saturated heterocycles. The molecular formula is C21H19BrN2O5. The molecule has 0 atom stereocenters. The van der Waals surface area contributed by atoms with Crippen molar-refractivity contribution >= 4 is 45.3 Å². The van der Waals surface area contributed by atoms with E-state index in [2.05, 4.69) is 21.0 Å². The lowest BCUT2D eigenvalue weighted by Crippen LogP contribution is -2.21. The van der Waals surface area contributed by atoms with Crippen molar-refractivity contribution in [3.05, 3.63) is 57.6 Å². The summed E-state index contributed by atoms with van der Waals surface area (Å²) in [5, 5.41) is 24.7. The van der Waals surface area contributed by atoms with Crippen molar-refractivity contribution in [2.75, 3.05) is 12.1 Å². The molecule has 0 aliphatic carbocycles. The first-order chi connectivity index (χ1) is 13.8. The molecule has 150 valence electrons. The number of anilines is 1. The number of hydrogen-bond acceptors (Lipinski definition) is 5. The first kappa shape index (κ1) is 20.6. The fourth-order valence-electron chi connectivity index (χ4n) is 2.93. The van der Waals surface area contributed by atoms with Gasteiger partial charge in [0.2, 0.25) is 0 Å². The van der Waals surface area contributed by atoms with Gasteiger partial charge in [0, 0.05) is 4.47 Å². The summed E-state index contributed by atoms with van der Waals surface area (Å²) in [5.41, 5.74) is 2.35. The van der Waals surface area contributed by atoms with Crippen LogP contribution in [-0.4, -0.2) is 34.9 Å². The molecule has 1 amide bonds. The Hall–Kier alpha value is -3.13. The summed E-state index contributed by atoms with van der Waals surface area (Å²) in [6.45, 7) is 1.99. The Labute approximate surface area is 176 Å². The van der Waals surface area contributed by atoms with Gasteiger partial charge < -0.3 is 14.9 Å². The number of aromatic hydroxyl groups is 1. The normalized spacial score (nSPS) is 15.0. The predicted octanol–water partition coefficient (Wildman–Crippen LogP) is 4.45. The lowest BCUT2D eigenvalue weighted by atomic mass is 10.0. The second kappa shape index (κ2) is 8.48. The Morgan fingerprint density at radius 2 is 1.97 bits per heavy atom. The highest BCUT2D eigenvalue weighted by Crippen LogP contribution is 2.35. The van der Waals surface area contributed by atoms with Gasteiger partial charge in [-0.05, 0) is 54.5 Å². The molecule has 1 aliphatic rings. The molecule has 0 spiro atoms. The van der Waals surface area contributed by atoms with Crippen molar-refractivity contribution in [1.29, 1.82) is 0 Å². The van der Waals surface area contributed by atoms with Crippen molar-refractivity contribution in [2.24, 2.45) is 5.10 Å². The van der Waals surface area contributed by atoms with Gasteiger partial charge >= 0.3 is 5.97 Å². The molecule has 0 unspecified atom stereocenters. The van der Waals surface area contributed by atoms with Gasteiger partial charge in [-0.3, -0.25) is 4.79 Å². The summed E-state index contributed by atoms with van der Waals surface area (Å²) < 4.78 is 5.76. The lowest BCUT2D eigenvalue weighted by molar-refractivity contribution is -0.114. The minimum atomic E-state index is -1.04. The zero-order chi connectivity index (χ0) is 21.1. The number of nitrogens with zero attached hydrogens (tertiary/aromatic N) is 2. The second-order valence-electron chi connectivity index (χ2n) is 6.37. The number of amides is 1. The second-order valence-corrected chi connectivity index (χ2v) is 7.22. The molecule has 0 saturated carbocycles. The van der Waals surface area contributed by atoms with E-state index in [1.54, 1.807) is 24.3 Å². The number of benzene rings is 2. The van der Waals surface area contributed by atoms with Crippen LogP contribution < -0.4 is 9.75 Å². The summed E-state index contributed by atoms with van der Waals surface area (Å²) in [6, 6.07) is 9.11. The minimum absolute atomic E-state index is 0.0122. The molecular weight excluding hydrogens is 440 g/mol. The zero-order valence-electron chi connectivity index (χ0n) is 15.8. The first-order valence-electron chi connectivity index (χ1n) is 8.89. The average molecular weight is 459 g/mol. The Kier molecular flexibility index (Phi) is 6.03. The topological polar surface area (TPSA) is 99.4 Å². The molecule has 0 radical (unpaired) electrons. The largest absolute Gasteiger partial charge is 0.504 e. The molecule has 0 fully saturated rings. The highest BCUT2D eigenvalue weighted by Gasteiger charge is 2.31. The van der Waals surface area contributed by atoms with E-state index in [0.717, 1.165) is 6.42 Å². The molecule has 1 aliphatic heterocycles. The molecule has 0 aromatic heterocycles. The Bertz CT molecular complexity index is 1030. The zero-order valence-corrected chi connectivity index (χ0v) is 17.4. The molecule has 7 nitrogen and oxygen atoms in total. The van der Waals surface area contributed by atoms with Crippen LogP contribution in [0.3, 0.4) is 0 Å². The highest BCUT2D eigenvalue weighted by atomic mass is 79.9. The molecule has 8 heteroatoms. The number of aromatic carboxylic acids is 1. The number of methoxy groups -OCH3 is 1. The van der Waals surface area contributed by atoms with E-state index in [9.17, 15) is 14.7 Å². The van der Waals surface area contributed by atoms with Crippen molar-refractivity contribution in [3.63, 3.8) is 0 Å². The fraction of sp³-hybridized carbons (Fsp3) is 0.190. The van der Waals surface area contributed by atoms with Crippen LogP contribution in [0, 0.1) is 0 Å². The van der Waals surface area contributed by atoms with Crippen LogP contribution >= 0.6 is 15.9 Å². The molecule has 29 heavy (non-hydrogen) atoms. The number of hydrazone groups is 1. The van der Waals surface area contributed by atoms with Crippen molar-refractivity contribution in [1.82, 2.24) is 0 Å². The summed E-state index contributed by atoms with van der Waals surface area (Å²) in [6.07, 6.45) is 3.11. The molecule has 2 aromatic carbocycles.